The van der Waals surface area contributed by atoms with E-state index >= 15 is 0 Å². The van der Waals surface area contributed by atoms with Crippen LogP contribution >= 0.6 is 0 Å². The van der Waals surface area contributed by atoms with Gasteiger partial charge in [-0.3, -0.25) is 0 Å². The Morgan fingerprint density at radius 3 is 1.81 bits per heavy atom. The standard InChI is InChI=1S/C31H36O11/c1-35-23-16-20(12-13-27(39-5)40-6)17-24(36-2)29(23)42-31(34,14-15-32)22-18-25(37-3)28(26(19-22)38-4)41-30(33)21-10-8-7-9-11-21/h7-13,16-19,27,32,34H,14-15H2,1-6H3. The predicted octanol–water partition coefficient (Wildman–Crippen LogP) is 4.18. The first-order valence-electron chi connectivity index (χ1n) is 12.8. The molecule has 1 unspecified atom stereocenters. The first kappa shape index (κ1) is 32.2. The lowest BCUT2D eigenvalue weighted by Crippen LogP contribution is -2.34. The smallest absolute Gasteiger partial charge is 0.343 e. The lowest BCUT2D eigenvalue weighted by molar-refractivity contribution is -0.158. The number of aliphatic hydroxyl groups excluding tert-OH is 1. The molecule has 0 bridgehead atoms. The number of ether oxygens (including phenoxy) is 8. The average Bonchev–Trinajstić information content (AvgIpc) is 3.02. The van der Waals surface area contributed by atoms with Crippen LogP contribution in [0.1, 0.15) is 27.9 Å². The second kappa shape index (κ2) is 15.1. The van der Waals surface area contributed by atoms with Crippen LogP contribution in [-0.2, 0) is 15.3 Å². The normalized spacial score (nSPS) is 12.6. The number of methoxy groups -OCH3 is 6. The van der Waals surface area contributed by atoms with E-state index in [0.717, 1.165) is 0 Å². The van der Waals surface area contributed by atoms with Gasteiger partial charge in [0.1, 0.15) is 0 Å². The van der Waals surface area contributed by atoms with Gasteiger partial charge in [-0.1, -0.05) is 24.3 Å². The second-order valence-electron chi connectivity index (χ2n) is 8.78. The minimum atomic E-state index is -2.13. The van der Waals surface area contributed by atoms with Crippen molar-refractivity contribution >= 4 is 12.0 Å². The lowest BCUT2D eigenvalue weighted by atomic mass is 10.0. The van der Waals surface area contributed by atoms with Gasteiger partial charge in [-0.15, -0.1) is 0 Å². The molecule has 0 saturated carbocycles. The molecule has 0 aliphatic carbocycles. The number of rotatable bonds is 15. The number of hydrogen-bond donors (Lipinski definition) is 2. The summed E-state index contributed by atoms with van der Waals surface area (Å²) in [4.78, 5) is 12.8. The average molecular weight is 585 g/mol. The number of hydrogen-bond acceptors (Lipinski definition) is 11. The van der Waals surface area contributed by atoms with E-state index in [-0.39, 0.29) is 46.5 Å². The third kappa shape index (κ3) is 7.51. The molecule has 226 valence electrons. The molecule has 3 aromatic rings. The van der Waals surface area contributed by atoms with E-state index in [9.17, 15) is 15.0 Å². The first-order valence-corrected chi connectivity index (χ1v) is 12.8. The lowest BCUT2D eigenvalue weighted by Gasteiger charge is -2.31. The van der Waals surface area contributed by atoms with E-state index in [1.807, 2.05) is 0 Å². The summed E-state index contributed by atoms with van der Waals surface area (Å²) in [6, 6.07) is 14.6. The van der Waals surface area contributed by atoms with E-state index in [1.54, 1.807) is 54.6 Å². The Balaban J connectivity index is 2.06. The molecule has 0 aliphatic heterocycles. The van der Waals surface area contributed by atoms with Crippen LogP contribution in [0.2, 0.25) is 0 Å². The third-order valence-electron chi connectivity index (χ3n) is 6.23. The molecule has 0 aromatic heterocycles. The number of benzene rings is 3. The Labute approximate surface area is 244 Å². The van der Waals surface area contributed by atoms with Crippen LogP contribution in [-0.4, -0.2) is 71.7 Å². The van der Waals surface area contributed by atoms with Crippen LogP contribution < -0.4 is 28.4 Å². The number of carbonyl (C=O) groups excluding carboxylic acids is 1. The third-order valence-corrected chi connectivity index (χ3v) is 6.23. The highest BCUT2D eigenvalue weighted by molar-refractivity contribution is 5.91. The van der Waals surface area contributed by atoms with Gasteiger partial charge in [-0.25, -0.2) is 4.79 Å². The summed E-state index contributed by atoms with van der Waals surface area (Å²) >= 11 is 0. The summed E-state index contributed by atoms with van der Waals surface area (Å²) in [7, 11) is 8.66. The summed E-state index contributed by atoms with van der Waals surface area (Å²) in [5, 5.41) is 21.7. The van der Waals surface area contributed by atoms with Crippen LogP contribution in [0, 0.1) is 0 Å². The maximum absolute atomic E-state index is 12.8. The molecule has 0 radical (unpaired) electrons. The monoisotopic (exact) mass is 584 g/mol. The first-order chi connectivity index (χ1) is 20.3. The molecule has 3 rings (SSSR count). The van der Waals surface area contributed by atoms with E-state index in [2.05, 4.69) is 0 Å². The largest absolute Gasteiger partial charge is 0.493 e. The SMILES string of the molecule is COc1cc(C(O)(CCO)Oc2c(OC)cc(C=CC(OC)OC)cc2OC)cc(OC)c1OC(=O)c1ccccc1. The summed E-state index contributed by atoms with van der Waals surface area (Å²) in [5.74, 6) is -2.05. The topological polar surface area (TPSA) is 131 Å². The molecule has 0 fully saturated rings. The number of esters is 1. The van der Waals surface area contributed by atoms with E-state index in [4.69, 9.17) is 37.9 Å². The molecule has 11 heteroatoms. The van der Waals surface area contributed by atoms with E-state index in [0.29, 0.717) is 11.1 Å². The van der Waals surface area contributed by atoms with Gasteiger partial charge in [0.2, 0.25) is 17.3 Å². The molecule has 0 amide bonds. The zero-order chi connectivity index (χ0) is 30.7. The summed E-state index contributed by atoms with van der Waals surface area (Å²) < 4.78 is 44.2. The van der Waals surface area contributed by atoms with Crippen molar-refractivity contribution < 1.29 is 52.9 Å². The van der Waals surface area contributed by atoms with Crippen molar-refractivity contribution in [3.05, 3.63) is 77.4 Å². The second-order valence-corrected chi connectivity index (χ2v) is 8.78. The van der Waals surface area contributed by atoms with Gasteiger partial charge in [0.25, 0.3) is 0 Å². The molecule has 42 heavy (non-hydrogen) atoms. The van der Waals surface area contributed by atoms with Gasteiger partial charge < -0.3 is 48.1 Å². The van der Waals surface area contributed by atoms with Gasteiger partial charge in [0, 0.05) is 32.8 Å². The quantitative estimate of drug-likeness (QED) is 0.152. The fraction of sp³-hybridized carbons (Fsp3) is 0.323. The van der Waals surface area contributed by atoms with Crippen molar-refractivity contribution in [2.45, 2.75) is 18.5 Å². The Morgan fingerprint density at radius 1 is 0.810 bits per heavy atom. The summed E-state index contributed by atoms with van der Waals surface area (Å²) in [6.07, 6.45) is 2.62. The van der Waals surface area contributed by atoms with E-state index < -0.39 is 24.7 Å². The summed E-state index contributed by atoms with van der Waals surface area (Å²) in [5.41, 5.74) is 1.14. The molecule has 0 aliphatic rings. The van der Waals surface area contributed by atoms with Crippen molar-refractivity contribution in [1.29, 1.82) is 0 Å². The fourth-order valence-corrected chi connectivity index (χ4v) is 4.05. The maximum Gasteiger partial charge on any atom is 0.343 e. The van der Waals surface area contributed by atoms with Crippen LogP contribution in [0.4, 0.5) is 0 Å². The number of aliphatic hydroxyl groups is 2. The van der Waals surface area contributed by atoms with Gasteiger partial charge in [-0.05, 0) is 48.0 Å². The Bertz CT molecular complexity index is 1300. The van der Waals surface area contributed by atoms with Crippen molar-refractivity contribution in [3.8, 4) is 34.5 Å². The zero-order valence-corrected chi connectivity index (χ0v) is 24.4. The molecule has 3 aromatic carbocycles. The van der Waals surface area contributed by atoms with Crippen molar-refractivity contribution in [2.24, 2.45) is 0 Å². The molecule has 0 spiro atoms. The van der Waals surface area contributed by atoms with Crippen molar-refractivity contribution in [2.75, 3.05) is 49.3 Å². The van der Waals surface area contributed by atoms with Gasteiger partial charge in [0.05, 0.1) is 34.0 Å². The molecule has 0 heterocycles. The highest BCUT2D eigenvalue weighted by Gasteiger charge is 2.36. The fourth-order valence-electron chi connectivity index (χ4n) is 4.05. The molecular formula is C31H36O11. The van der Waals surface area contributed by atoms with Crippen molar-refractivity contribution in [1.82, 2.24) is 0 Å². The van der Waals surface area contributed by atoms with Gasteiger partial charge >= 0.3 is 5.97 Å². The maximum atomic E-state index is 12.8. The molecule has 0 saturated heterocycles. The molecule has 2 N–H and O–H groups in total. The summed E-state index contributed by atoms with van der Waals surface area (Å²) in [6.45, 7) is -0.452. The molecule has 11 nitrogen and oxygen atoms in total. The van der Waals surface area contributed by atoms with Crippen LogP contribution in [0.25, 0.3) is 6.08 Å². The van der Waals surface area contributed by atoms with Gasteiger partial charge in [-0.2, -0.15) is 0 Å². The van der Waals surface area contributed by atoms with Gasteiger partial charge in [0.15, 0.2) is 29.3 Å². The highest BCUT2D eigenvalue weighted by Crippen LogP contribution is 2.46. The van der Waals surface area contributed by atoms with Crippen molar-refractivity contribution in [3.63, 3.8) is 0 Å². The highest BCUT2D eigenvalue weighted by atomic mass is 16.7. The van der Waals surface area contributed by atoms with E-state index in [1.165, 1.54) is 54.8 Å². The minimum Gasteiger partial charge on any atom is -0.493 e. The molecule has 1 atom stereocenters. The Hall–Kier alpha value is -4.29. The molecular weight excluding hydrogens is 548 g/mol. The minimum absolute atomic E-state index is 0.000625. The Kier molecular flexibility index (Phi) is 11.6. The van der Waals surface area contributed by atoms with Crippen LogP contribution in [0.15, 0.2) is 60.7 Å². The zero-order valence-electron chi connectivity index (χ0n) is 24.4. The van der Waals surface area contributed by atoms with Crippen LogP contribution in [0.5, 0.6) is 34.5 Å². The van der Waals surface area contributed by atoms with Crippen LogP contribution in [0.3, 0.4) is 0 Å². The Morgan fingerprint density at radius 2 is 1.33 bits per heavy atom. The number of carbonyl (C=O) groups is 1. The predicted molar refractivity (Wildman–Crippen MR) is 154 cm³/mol.